The second-order valence-corrected chi connectivity index (χ2v) is 14.7. The number of amides is 3. The average Bonchev–Trinajstić information content (AvgIpc) is 3.06. The maximum atomic E-state index is 14.3. The molecule has 3 aromatic rings. The van der Waals surface area contributed by atoms with E-state index in [-0.39, 0.29) is 42.2 Å². The van der Waals surface area contributed by atoms with Gasteiger partial charge in [-0.3, -0.25) is 4.79 Å². The summed E-state index contributed by atoms with van der Waals surface area (Å²) in [6.07, 6.45) is 1.42. The van der Waals surface area contributed by atoms with Crippen molar-refractivity contribution in [2.45, 2.75) is 63.2 Å². The van der Waals surface area contributed by atoms with Gasteiger partial charge < -0.3 is 30.1 Å². The molecule has 0 radical (unpaired) electrons. The predicted octanol–water partition coefficient (Wildman–Crippen LogP) is 6.10. The van der Waals surface area contributed by atoms with Crippen LogP contribution in [0.3, 0.4) is 0 Å². The van der Waals surface area contributed by atoms with E-state index < -0.39 is 34.1 Å². The second kappa shape index (κ2) is 17.1. The third-order valence-electron chi connectivity index (χ3n) is 8.30. The highest BCUT2D eigenvalue weighted by Crippen LogP contribution is 2.29. The molecule has 0 fully saturated rings. The molecule has 0 spiro atoms. The van der Waals surface area contributed by atoms with E-state index in [2.05, 4.69) is 10.6 Å². The van der Waals surface area contributed by atoms with Crippen LogP contribution >= 0.6 is 11.6 Å². The smallest absolute Gasteiger partial charge is 0.323 e. The van der Waals surface area contributed by atoms with E-state index in [0.717, 1.165) is 12.8 Å². The van der Waals surface area contributed by atoms with Gasteiger partial charge in [-0.1, -0.05) is 36.7 Å². The molecule has 0 saturated carbocycles. The number of carbonyl (C=O) groups excluding carboxylic acids is 2. The summed E-state index contributed by atoms with van der Waals surface area (Å²) in [5.74, 6) is -0.381. The molecule has 1 heterocycles. The Balaban J connectivity index is 1.62. The predicted molar refractivity (Wildman–Crippen MR) is 187 cm³/mol. The zero-order valence-corrected chi connectivity index (χ0v) is 29.3. The number of para-hydroxylation sites is 1. The number of likely N-dealkylation sites (N-methyl/N-ethyl adjacent to an activating group) is 1. The first-order chi connectivity index (χ1) is 22.9. The van der Waals surface area contributed by atoms with Crippen molar-refractivity contribution in [3.63, 3.8) is 0 Å². The number of hydrogen-bond donors (Lipinski definition) is 3. The van der Waals surface area contributed by atoms with Gasteiger partial charge in [-0.2, -0.15) is 4.31 Å². The molecule has 0 unspecified atom stereocenters. The Morgan fingerprint density at radius 3 is 2.42 bits per heavy atom. The van der Waals surface area contributed by atoms with Gasteiger partial charge in [0, 0.05) is 49.1 Å². The van der Waals surface area contributed by atoms with Crippen molar-refractivity contribution in [3.05, 3.63) is 83.4 Å². The summed E-state index contributed by atoms with van der Waals surface area (Å²) in [6.45, 7) is 5.85. The van der Waals surface area contributed by atoms with E-state index in [1.54, 1.807) is 42.2 Å². The van der Waals surface area contributed by atoms with Crippen molar-refractivity contribution in [1.82, 2.24) is 9.21 Å². The van der Waals surface area contributed by atoms with E-state index in [4.69, 9.17) is 21.1 Å². The minimum Gasteiger partial charge on any atom is -0.490 e. The number of rotatable bonds is 8. The number of sulfonamides is 1. The van der Waals surface area contributed by atoms with Gasteiger partial charge in [0.2, 0.25) is 10.0 Å². The molecule has 0 aliphatic carbocycles. The highest BCUT2D eigenvalue weighted by atomic mass is 35.5. The lowest BCUT2D eigenvalue weighted by Crippen LogP contribution is -2.48. The van der Waals surface area contributed by atoms with Crippen LogP contribution in [0.5, 0.6) is 5.75 Å². The van der Waals surface area contributed by atoms with Gasteiger partial charge in [0.05, 0.1) is 35.3 Å². The van der Waals surface area contributed by atoms with Crippen molar-refractivity contribution >= 4 is 44.9 Å². The number of aliphatic hydroxyl groups excluding tert-OH is 1. The Labute approximate surface area is 288 Å². The lowest BCUT2D eigenvalue weighted by molar-refractivity contribution is -0.00833. The van der Waals surface area contributed by atoms with Crippen molar-refractivity contribution in [3.8, 4) is 5.75 Å². The summed E-state index contributed by atoms with van der Waals surface area (Å²) < 4.78 is 40.7. The van der Waals surface area contributed by atoms with Gasteiger partial charge in [0.15, 0.2) is 0 Å². The fourth-order valence-electron chi connectivity index (χ4n) is 5.42. The van der Waals surface area contributed by atoms with Crippen LogP contribution in [0.4, 0.5) is 16.2 Å². The third-order valence-corrected chi connectivity index (χ3v) is 10.4. The van der Waals surface area contributed by atoms with Crippen LogP contribution in [0.2, 0.25) is 5.02 Å². The number of halogens is 1. The zero-order chi connectivity index (χ0) is 34.8. The molecule has 11 nitrogen and oxygen atoms in total. The minimum atomic E-state index is -3.85. The first kappa shape index (κ1) is 37.1. The maximum absolute atomic E-state index is 14.3. The number of nitrogens with one attached hydrogen (secondary N) is 2. The van der Waals surface area contributed by atoms with E-state index in [1.807, 2.05) is 32.0 Å². The molecule has 0 saturated heterocycles. The van der Waals surface area contributed by atoms with Crippen LogP contribution in [0.15, 0.2) is 77.7 Å². The molecule has 260 valence electrons. The summed E-state index contributed by atoms with van der Waals surface area (Å²) in [5.41, 5.74) is 1.22. The van der Waals surface area contributed by atoms with Crippen molar-refractivity contribution in [2.24, 2.45) is 5.92 Å². The Hall–Kier alpha value is -3.68. The van der Waals surface area contributed by atoms with Crippen LogP contribution in [0.1, 0.15) is 50.4 Å². The normalized spacial score (nSPS) is 20.3. The number of anilines is 2. The SMILES string of the molecule is C[C@H](CO)N1C[C@H](C)[C@H](CN(C)S(=O)(=O)c2ccc(Cl)cc2)OCCCC[C@H](C)Oc2ccc(NC(=O)Nc3ccccc3)cc2C1=O. The molecule has 0 bridgehead atoms. The van der Waals surface area contributed by atoms with E-state index in [1.165, 1.54) is 35.6 Å². The molecule has 3 N–H and O–H groups in total. The van der Waals surface area contributed by atoms with Gasteiger partial charge in [-0.25, -0.2) is 13.2 Å². The number of nitrogens with zero attached hydrogens (tertiary/aromatic N) is 2. The summed E-state index contributed by atoms with van der Waals surface area (Å²) in [7, 11) is -2.35. The van der Waals surface area contributed by atoms with Crippen LogP contribution < -0.4 is 15.4 Å². The Morgan fingerprint density at radius 1 is 1.04 bits per heavy atom. The van der Waals surface area contributed by atoms with Gasteiger partial charge >= 0.3 is 6.03 Å². The molecule has 13 heteroatoms. The Morgan fingerprint density at radius 2 is 1.73 bits per heavy atom. The number of carbonyl (C=O) groups is 2. The highest BCUT2D eigenvalue weighted by Gasteiger charge is 2.32. The van der Waals surface area contributed by atoms with Crippen LogP contribution in [-0.4, -0.2) is 86.3 Å². The fraction of sp³-hybridized carbons (Fsp3) is 0.429. The van der Waals surface area contributed by atoms with Gasteiger partial charge in [-0.05, 0) is 87.7 Å². The lowest BCUT2D eigenvalue weighted by Gasteiger charge is -2.35. The molecule has 0 aromatic heterocycles. The monoisotopic (exact) mass is 700 g/mol. The molecule has 3 amide bonds. The number of urea groups is 1. The van der Waals surface area contributed by atoms with E-state index in [9.17, 15) is 23.1 Å². The summed E-state index contributed by atoms with van der Waals surface area (Å²) in [4.78, 5) is 28.8. The third kappa shape index (κ3) is 9.93. The molecular weight excluding hydrogens is 656 g/mol. The van der Waals surface area contributed by atoms with Crippen molar-refractivity contribution in [2.75, 3.05) is 44.0 Å². The average molecular weight is 701 g/mol. The van der Waals surface area contributed by atoms with Crippen LogP contribution in [-0.2, 0) is 14.8 Å². The van der Waals surface area contributed by atoms with Gasteiger partial charge in [0.25, 0.3) is 5.91 Å². The van der Waals surface area contributed by atoms with Gasteiger partial charge in [-0.15, -0.1) is 0 Å². The summed E-state index contributed by atoms with van der Waals surface area (Å²) in [5, 5.41) is 16.2. The quantitative estimate of drug-likeness (QED) is 0.258. The highest BCUT2D eigenvalue weighted by molar-refractivity contribution is 7.89. The topological polar surface area (TPSA) is 138 Å². The maximum Gasteiger partial charge on any atom is 0.323 e. The largest absolute Gasteiger partial charge is 0.490 e. The molecule has 1 aliphatic rings. The molecule has 4 atom stereocenters. The van der Waals surface area contributed by atoms with Crippen LogP contribution in [0, 0.1) is 5.92 Å². The van der Waals surface area contributed by atoms with Crippen molar-refractivity contribution in [1.29, 1.82) is 0 Å². The number of aliphatic hydroxyl groups is 1. The van der Waals surface area contributed by atoms with Gasteiger partial charge in [0.1, 0.15) is 5.75 Å². The number of ether oxygens (including phenoxy) is 2. The molecule has 48 heavy (non-hydrogen) atoms. The minimum absolute atomic E-state index is 0.0440. The second-order valence-electron chi connectivity index (χ2n) is 12.2. The zero-order valence-electron chi connectivity index (χ0n) is 27.8. The standard InChI is InChI=1S/C35H45ClN4O7S/c1-24-21-40(25(2)23-41)34(42)31-20-29(38-35(43)37-28-11-6-5-7-12-28)15-18-32(31)47-26(3)10-8-9-19-46-33(24)22-39(4)48(44,45)30-16-13-27(36)14-17-30/h5-7,11-18,20,24-26,33,41H,8-10,19,21-23H2,1-4H3,(H2,37,38,43)/t24-,25+,26-,33-/m0/s1. The van der Waals surface area contributed by atoms with E-state index in [0.29, 0.717) is 35.2 Å². The molecule has 1 aliphatic heterocycles. The number of hydrogen-bond acceptors (Lipinski definition) is 7. The van der Waals surface area contributed by atoms with E-state index >= 15 is 0 Å². The lowest BCUT2D eigenvalue weighted by atomic mass is 10.0. The van der Waals surface area contributed by atoms with Crippen LogP contribution in [0.25, 0.3) is 0 Å². The molecular formula is C35H45ClN4O7S. The summed E-state index contributed by atoms with van der Waals surface area (Å²) in [6, 6.07) is 18.8. The Kier molecular flexibility index (Phi) is 13.2. The van der Waals surface area contributed by atoms with Crippen molar-refractivity contribution < 1.29 is 32.6 Å². The summed E-state index contributed by atoms with van der Waals surface area (Å²) >= 11 is 5.98. The fourth-order valence-corrected chi connectivity index (χ4v) is 6.72. The molecule has 3 aromatic carbocycles. The number of benzene rings is 3. The Bertz CT molecular complexity index is 1630. The number of fused-ring (bicyclic) bond motifs is 1. The first-order valence-electron chi connectivity index (χ1n) is 16.1. The molecule has 4 rings (SSSR count). The first-order valence-corrected chi connectivity index (χ1v) is 17.9.